The van der Waals surface area contributed by atoms with Crippen LogP contribution in [0.4, 0.5) is 23.7 Å². The summed E-state index contributed by atoms with van der Waals surface area (Å²) < 4.78 is 41.7. The number of carbonyl (C=O) groups excluding carboxylic acids is 2. The second kappa shape index (κ2) is 9.85. The summed E-state index contributed by atoms with van der Waals surface area (Å²) in [4.78, 5) is 42.1. The molecule has 3 amide bonds. The molecule has 2 aliphatic carbocycles. The third-order valence-corrected chi connectivity index (χ3v) is 7.52. The lowest BCUT2D eigenvalue weighted by molar-refractivity contribution is -0.274. The SMILES string of the molecule is C[C@@H](NC(=O)N(C1CC1)C1c2ccccc2N(C(=O)c2ccc(OC(F)(F)F)cc2)C2CCCC21)C(=O)O. The Morgan fingerprint density at radius 2 is 1.74 bits per heavy atom. The Balaban J connectivity index is 1.50. The highest BCUT2D eigenvalue weighted by molar-refractivity contribution is 6.07. The number of alkyl halides is 3. The van der Waals surface area contributed by atoms with Gasteiger partial charge in [-0.15, -0.1) is 13.2 Å². The van der Waals surface area contributed by atoms with E-state index in [0.29, 0.717) is 12.1 Å². The average Bonchev–Trinajstić information content (AvgIpc) is 3.58. The number of anilines is 1. The number of aliphatic carboxylic acids is 1. The molecule has 2 N–H and O–H groups in total. The molecule has 11 heteroatoms. The van der Waals surface area contributed by atoms with E-state index < -0.39 is 30.2 Å². The molecule has 8 nitrogen and oxygen atoms in total. The number of nitrogens with zero attached hydrogens (tertiary/aromatic N) is 2. The first-order chi connectivity index (χ1) is 18.0. The van der Waals surface area contributed by atoms with Crippen molar-refractivity contribution >= 4 is 23.6 Å². The lowest BCUT2D eigenvalue weighted by atomic mass is 9.81. The van der Waals surface area contributed by atoms with Crippen molar-refractivity contribution in [3.63, 3.8) is 0 Å². The van der Waals surface area contributed by atoms with Gasteiger partial charge in [-0.3, -0.25) is 9.59 Å². The van der Waals surface area contributed by atoms with Crippen LogP contribution in [0.15, 0.2) is 48.5 Å². The van der Waals surface area contributed by atoms with Crippen molar-refractivity contribution in [2.24, 2.45) is 5.92 Å². The minimum Gasteiger partial charge on any atom is -0.480 e. The Kier molecular flexibility index (Phi) is 6.70. The Bertz CT molecular complexity index is 1230. The van der Waals surface area contributed by atoms with Gasteiger partial charge in [0.1, 0.15) is 11.8 Å². The highest BCUT2D eigenvalue weighted by Crippen LogP contribution is 2.52. The molecule has 38 heavy (non-hydrogen) atoms. The molecule has 1 aliphatic heterocycles. The number of carbonyl (C=O) groups is 3. The second-order valence-corrected chi connectivity index (χ2v) is 10.1. The second-order valence-electron chi connectivity index (χ2n) is 10.1. The van der Waals surface area contributed by atoms with Gasteiger partial charge in [-0.25, -0.2) is 4.79 Å². The molecule has 3 unspecified atom stereocenters. The summed E-state index contributed by atoms with van der Waals surface area (Å²) in [6, 6.07) is 10.2. The van der Waals surface area contributed by atoms with Crippen LogP contribution in [0, 0.1) is 5.92 Å². The number of fused-ring (bicyclic) bond motifs is 2. The van der Waals surface area contributed by atoms with E-state index in [9.17, 15) is 32.7 Å². The van der Waals surface area contributed by atoms with Crippen LogP contribution < -0.4 is 15.0 Å². The Labute approximate surface area is 217 Å². The van der Waals surface area contributed by atoms with E-state index in [4.69, 9.17) is 0 Å². The highest BCUT2D eigenvalue weighted by atomic mass is 19.4. The summed E-state index contributed by atoms with van der Waals surface area (Å²) in [6.45, 7) is 1.42. The Morgan fingerprint density at radius 3 is 2.37 bits per heavy atom. The molecular weight excluding hydrogens is 503 g/mol. The van der Waals surface area contributed by atoms with Gasteiger partial charge < -0.3 is 25.0 Å². The number of hydrogen-bond acceptors (Lipinski definition) is 4. The standard InChI is InChI=1S/C27H28F3N3O5/c1-15(25(35)36)31-26(37)32(17-11-12-17)23-19-5-2-3-7-21(19)33(22-8-4-6-20(22)23)24(34)16-9-13-18(14-10-16)38-27(28,29)30/h2-3,5,7,9-10,13-15,17,20,22-23H,4,6,8,11-12H2,1H3,(H,31,37)(H,35,36)/t15-,20?,22?,23?/m1/s1. The van der Waals surface area contributed by atoms with Gasteiger partial charge in [-0.2, -0.15) is 0 Å². The minimum atomic E-state index is -4.83. The zero-order valence-electron chi connectivity index (χ0n) is 20.6. The minimum absolute atomic E-state index is 0.0151. The number of hydrogen-bond donors (Lipinski definition) is 2. The maximum atomic E-state index is 13.8. The molecule has 2 aromatic rings. The third-order valence-electron chi connectivity index (χ3n) is 7.52. The zero-order valence-corrected chi connectivity index (χ0v) is 20.6. The molecule has 202 valence electrons. The molecule has 0 radical (unpaired) electrons. The predicted molar refractivity (Wildman–Crippen MR) is 131 cm³/mol. The smallest absolute Gasteiger partial charge is 0.480 e. The average molecular weight is 532 g/mol. The first-order valence-electron chi connectivity index (χ1n) is 12.6. The van der Waals surface area contributed by atoms with Crippen molar-refractivity contribution in [1.29, 1.82) is 0 Å². The normalized spacial score (nSPS) is 23.2. The quantitative estimate of drug-likeness (QED) is 0.540. The van der Waals surface area contributed by atoms with E-state index in [1.165, 1.54) is 19.1 Å². The van der Waals surface area contributed by atoms with Crippen molar-refractivity contribution in [2.75, 3.05) is 4.90 Å². The number of para-hydroxylation sites is 1. The van der Waals surface area contributed by atoms with Gasteiger partial charge in [-0.1, -0.05) is 24.6 Å². The molecule has 0 spiro atoms. The first kappa shape index (κ1) is 25.9. The summed E-state index contributed by atoms with van der Waals surface area (Å²) in [5, 5.41) is 11.9. The van der Waals surface area contributed by atoms with Crippen LogP contribution >= 0.6 is 0 Å². The Hall–Kier alpha value is -3.76. The summed E-state index contributed by atoms with van der Waals surface area (Å²) in [6.07, 6.45) is -0.863. The lowest BCUT2D eigenvalue weighted by Crippen LogP contribution is -2.55. The van der Waals surface area contributed by atoms with E-state index in [-0.39, 0.29) is 35.5 Å². The van der Waals surface area contributed by atoms with Crippen LogP contribution in [0.1, 0.15) is 61.0 Å². The van der Waals surface area contributed by atoms with E-state index in [2.05, 4.69) is 10.1 Å². The molecule has 1 heterocycles. The van der Waals surface area contributed by atoms with Gasteiger partial charge >= 0.3 is 18.4 Å². The number of benzene rings is 2. The largest absolute Gasteiger partial charge is 0.573 e. The fourth-order valence-electron chi connectivity index (χ4n) is 5.77. The molecule has 2 aromatic carbocycles. The van der Waals surface area contributed by atoms with E-state index in [1.807, 2.05) is 18.2 Å². The van der Waals surface area contributed by atoms with Crippen LogP contribution in [-0.2, 0) is 4.79 Å². The third kappa shape index (κ3) is 5.01. The molecule has 5 rings (SSSR count). The number of carboxylic acid groups (broad SMARTS) is 1. The van der Waals surface area contributed by atoms with Crippen LogP contribution in [0.25, 0.3) is 0 Å². The van der Waals surface area contributed by atoms with Gasteiger partial charge in [-0.05, 0) is 68.5 Å². The van der Waals surface area contributed by atoms with Gasteiger partial charge in [0, 0.05) is 29.3 Å². The number of rotatable bonds is 6. The molecule has 4 atom stereocenters. The number of halogens is 3. The van der Waals surface area contributed by atoms with E-state index in [0.717, 1.165) is 43.4 Å². The monoisotopic (exact) mass is 531 g/mol. The van der Waals surface area contributed by atoms with Gasteiger partial charge in [0.15, 0.2) is 0 Å². The van der Waals surface area contributed by atoms with E-state index in [1.54, 1.807) is 15.9 Å². The van der Waals surface area contributed by atoms with E-state index >= 15 is 0 Å². The number of carboxylic acids is 1. The Morgan fingerprint density at radius 1 is 1.05 bits per heavy atom. The maximum absolute atomic E-state index is 13.8. The topological polar surface area (TPSA) is 99.2 Å². The summed E-state index contributed by atoms with van der Waals surface area (Å²) >= 11 is 0. The molecule has 0 bridgehead atoms. The predicted octanol–water partition coefficient (Wildman–Crippen LogP) is 5.10. The number of nitrogens with one attached hydrogen (secondary N) is 1. The number of ether oxygens (including phenoxy) is 1. The van der Waals surface area contributed by atoms with Crippen molar-refractivity contribution in [2.45, 2.75) is 69.6 Å². The van der Waals surface area contributed by atoms with Crippen molar-refractivity contribution in [3.8, 4) is 5.75 Å². The fourth-order valence-corrected chi connectivity index (χ4v) is 5.77. The van der Waals surface area contributed by atoms with Crippen LogP contribution in [0.3, 0.4) is 0 Å². The van der Waals surface area contributed by atoms with Crippen molar-refractivity contribution in [1.82, 2.24) is 10.2 Å². The van der Waals surface area contributed by atoms with Crippen molar-refractivity contribution < 1.29 is 37.4 Å². The van der Waals surface area contributed by atoms with Crippen LogP contribution in [0.5, 0.6) is 5.75 Å². The molecule has 2 fully saturated rings. The summed E-state index contributed by atoms with van der Waals surface area (Å²) in [5.74, 6) is -1.95. The zero-order chi connectivity index (χ0) is 27.2. The van der Waals surface area contributed by atoms with Gasteiger partial charge in [0.2, 0.25) is 0 Å². The van der Waals surface area contributed by atoms with Crippen LogP contribution in [-0.4, -0.2) is 52.4 Å². The molecular formula is C27H28F3N3O5. The van der Waals surface area contributed by atoms with Gasteiger partial charge in [0.05, 0.1) is 6.04 Å². The lowest BCUT2D eigenvalue weighted by Gasteiger charge is -2.47. The van der Waals surface area contributed by atoms with Gasteiger partial charge in [0.25, 0.3) is 5.91 Å². The maximum Gasteiger partial charge on any atom is 0.573 e. The molecule has 0 aromatic heterocycles. The first-order valence-corrected chi connectivity index (χ1v) is 12.6. The number of amides is 3. The fraction of sp³-hybridized carbons (Fsp3) is 0.444. The summed E-state index contributed by atoms with van der Waals surface area (Å²) in [7, 11) is 0. The number of urea groups is 1. The summed E-state index contributed by atoms with van der Waals surface area (Å²) in [5.41, 5.74) is 1.67. The van der Waals surface area contributed by atoms with Crippen LogP contribution in [0.2, 0.25) is 0 Å². The van der Waals surface area contributed by atoms with Crippen molar-refractivity contribution in [3.05, 3.63) is 59.7 Å². The molecule has 3 aliphatic rings. The molecule has 2 saturated carbocycles. The molecule has 0 saturated heterocycles. The highest BCUT2D eigenvalue weighted by Gasteiger charge is 2.51.